The van der Waals surface area contributed by atoms with Gasteiger partial charge in [0.1, 0.15) is 0 Å². The van der Waals surface area contributed by atoms with Crippen molar-refractivity contribution in [1.82, 2.24) is 0 Å². The zero-order valence-corrected chi connectivity index (χ0v) is 5.88. The lowest BCUT2D eigenvalue weighted by atomic mass is 10.0. The van der Waals surface area contributed by atoms with Crippen LogP contribution < -0.4 is 0 Å². The van der Waals surface area contributed by atoms with E-state index >= 15 is 0 Å². The normalized spacial score (nSPS) is 17.3. The summed E-state index contributed by atoms with van der Waals surface area (Å²) in [5, 5.41) is 17.4. The van der Waals surface area contributed by atoms with Crippen molar-refractivity contribution >= 4 is 0 Å². The molecule has 0 saturated heterocycles. The van der Waals surface area contributed by atoms with Gasteiger partial charge in [-0.2, -0.15) is 0 Å². The van der Waals surface area contributed by atoms with E-state index in [1.807, 2.05) is 6.92 Å². The molecule has 0 aromatic heterocycles. The molecule has 1 radical (unpaired) electrons. The molecule has 2 heteroatoms. The van der Waals surface area contributed by atoms with Crippen LogP contribution in [0, 0.1) is 12.8 Å². The Hall–Kier alpha value is -0.0800. The summed E-state index contributed by atoms with van der Waals surface area (Å²) >= 11 is 0. The third-order valence-electron chi connectivity index (χ3n) is 1.50. The predicted octanol–water partition coefficient (Wildman–Crippen LogP) is 0.590. The molecule has 55 valence electrons. The second-order valence-corrected chi connectivity index (χ2v) is 2.37. The number of aliphatic hydroxyl groups excluding tert-OH is 2. The highest BCUT2D eigenvalue weighted by atomic mass is 16.3. The van der Waals surface area contributed by atoms with E-state index in [1.165, 1.54) is 0 Å². The lowest BCUT2D eigenvalue weighted by molar-refractivity contribution is 0.0507. The maximum absolute atomic E-state index is 8.98. The van der Waals surface area contributed by atoms with Crippen LogP contribution in [0.15, 0.2) is 0 Å². The second kappa shape index (κ2) is 4.77. The molecular weight excluding hydrogens is 116 g/mol. The Kier molecular flexibility index (Phi) is 4.72. The van der Waals surface area contributed by atoms with Gasteiger partial charge < -0.3 is 10.2 Å². The van der Waals surface area contributed by atoms with Crippen molar-refractivity contribution in [2.45, 2.75) is 25.9 Å². The molecule has 0 heterocycles. The molecule has 0 saturated carbocycles. The number of rotatable bonds is 4. The van der Waals surface area contributed by atoms with E-state index in [2.05, 4.69) is 6.92 Å². The third-order valence-corrected chi connectivity index (χ3v) is 1.50. The number of aliphatic hydroxyl groups is 2. The summed E-state index contributed by atoms with van der Waals surface area (Å²) in [7, 11) is 0. The largest absolute Gasteiger partial charge is 0.394 e. The zero-order chi connectivity index (χ0) is 7.28. The minimum Gasteiger partial charge on any atom is -0.394 e. The fraction of sp³-hybridized carbons (Fsp3) is 0.857. The first-order chi connectivity index (χ1) is 4.22. The van der Waals surface area contributed by atoms with Crippen molar-refractivity contribution < 1.29 is 10.2 Å². The molecule has 0 aliphatic heterocycles. The number of hydrogen-bond donors (Lipinski definition) is 2. The topological polar surface area (TPSA) is 40.5 Å². The summed E-state index contributed by atoms with van der Waals surface area (Å²) in [4.78, 5) is 0. The molecule has 9 heavy (non-hydrogen) atoms. The summed E-state index contributed by atoms with van der Waals surface area (Å²) < 4.78 is 0. The lowest BCUT2D eigenvalue weighted by Gasteiger charge is -2.14. The Morgan fingerprint density at radius 3 is 2.44 bits per heavy atom. The van der Waals surface area contributed by atoms with E-state index in [1.54, 1.807) is 0 Å². The van der Waals surface area contributed by atoms with E-state index in [9.17, 15) is 0 Å². The molecule has 0 aromatic carbocycles. The molecule has 0 fully saturated rings. The van der Waals surface area contributed by atoms with Gasteiger partial charge in [-0.25, -0.2) is 0 Å². The van der Waals surface area contributed by atoms with Crippen LogP contribution in [0.5, 0.6) is 0 Å². The molecule has 0 aliphatic rings. The van der Waals surface area contributed by atoms with Crippen LogP contribution in [0.4, 0.5) is 0 Å². The predicted molar refractivity (Wildman–Crippen MR) is 36.8 cm³/mol. The molecule has 2 N–H and O–H groups in total. The van der Waals surface area contributed by atoms with Gasteiger partial charge in [-0.05, 0) is 12.3 Å². The van der Waals surface area contributed by atoms with Crippen LogP contribution >= 0.6 is 0 Å². The summed E-state index contributed by atoms with van der Waals surface area (Å²) in [6, 6.07) is 0. The van der Waals surface area contributed by atoms with Crippen LogP contribution in [-0.2, 0) is 0 Å². The monoisotopic (exact) mass is 131 g/mol. The molecule has 2 unspecified atom stereocenters. The first-order valence-electron chi connectivity index (χ1n) is 3.30. The zero-order valence-electron chi connectivity index (χ0n) is 5.88. The molecule has 2 nitrogen and oxygen atoms in total. The summed E-state index contributed by atoms with van der Waals surface area (Å²) in [6.45, 7) is 5.42. The van der Waals surface area contributed by atoms with Gasteiger partial charge in [-0.1, -0.05) is 20.3 Å². The van der Waals surface area contributed by atoms with Crippen molar-refractivity contribution in [3.8, 4) is 0 Å². The standard InChI is InChI=1S/C7H15O2/c1-3-4-6(2)7(9)5-8/h6-9H,1,3-5H2,2H3. The summed E-state index contributed by atoms with van der Waals surface area (Å²) in [6.07, 6.45) is 1.13. The molecule has 0 bridgehead atoms. The minimum absolute atomic E-state index is 0.138. The highest BCUT2D eigenvalue weighted by Gasteiger charge is 2.10. The van der Waals surface area contributed by atoms with Gasteiger partial charge >= 0.3 is 0 Å². The quantitative estimate of drug-likeness (QED) is 0.586. The van der Waals surface area contributed by atoms with Crippen LogP contribution in [0.2, 0.25) is 0 Å². The van der Waals surface area contributed by atoms with Crippen molar-refractivity contribution in [3.05, 3.63) is 6.92 Å². The third kappa shape index (κ3) is 3.49. The maximum atomic E-state index is 8.98. The highest BCUT2D eigenvalue weighted by molar-refractivity contribution is 4.62. The second-order valence-electron chi connectivity index (χ2n) is 2.37. The molecule has 0 spiro atoms. The van der Waals surface area contributed by atoms with Crippen LogP contribution in [0.3, 0.4) is 0 Å². The average molecular weight is 131 g/mol. The van der Waals surface area contributed by atoms with Crippen LogP contribution in [0.25, 0.3) is 0 Å². The molecule has 0 rings (SSSR count). The molecule has 2 atom stereocenters. The Morgan fingerprint density at radius 1 is 1.56 bits per heavy atom. The van der Waals surface area contributed by atoms with Gasteiger partial charge in [0.2, 0.25) is 0 Å². The van der Waals surface area contributed by atoms with E-state index in [4.69, 9.17) is 10.2 Å². The molecule has 0 aromatic rings. The summed E-state index contributed by atoms with van der Waals surface area (Å²) in [5.41, 5.74) is 0. The van der Waals surface area contributed by atoms with Gasteiger partial charge in [0, 0.05) is 0 Å². The average Bonchev–Trinajstić information content (AvgIpc) is 1.87. The first kappa shape index (κ1) is 8.92. The highest BCUT2D eigenvalue weighted by Crippen LogP contribution is 2.08. The van der Waals surface area contributed by atoms with Gasteiger partial charge in [0.25, 0.3) is 0 Å². The Bertz CT molecular complexity index is 63.9. The first-order valence-corrected chi connectivity index (χ1v) is 3.30. The molecule has 0 amide bonds. The van der Waals surface area contributed by atoms with Crippen molar-refractivity contribution in [3.63, 3.8) is 0 Å². The Balaban J connectivity index is 3.32. The fourth-order valence-corrected chi connectivity index (χ4v) is 0.694. The lowest BCUT2D eigenvalue weighted by Crippen LogP contribution is -2.21. The smallest absolute Gasteiger partial charge is 0.0796 e. The number of hydrogen-bond acceptors (Lipinski definition) is 2. The summed E-state index contributed by atoms with van der Waals surface area (Å²) in [5.74, 6) is 0.174. The van der Waals surface area contributed by atoms with Crippen LogP contribution in [0.1, 0.15) is 19.8 Å². The van der Waals surface area contributed by atoms with E-state index in [-0.39, 0.29) is 12.5 Å². The Labute approximate surface area is 56.5 Å². The van der Waals surface area contributed by atoms with E-state index < -0.39 is 6.10 Å². The van der Waals surface area contributed by atoms with Gasteiger partial charge in [0.05, 0.1) is 12.7 Å². The van der Waals surface area contributed by atoms with Crippen molar-refractivity contribution in [1.29, 1.82) is 0 Å². The van der Waals surface area contributed by atoms with Gasteiger partial charge in [0.15, 0.2) is 0 Å². The van der Waals surface area contributed by atoms with E-state index in [0.29, 0.717) is 0 Å². The molecular formula is C7H15O2. The fourth-order valence-electron chi connectivity index (χ4n) is 0.694. The minimum atomic E-state index is -0.563. The van der Waals surface area contributed by atoms with Gasteiger partial charge in [-0.15, -0.1) is 0 Å². The van der Waals surface area contributed by atoms with Crippen LogP contribution in [-0.4, -0.2) is 22.9 Å². The maximum Gasteiger partial charge on any atom is 0.0796 e. The SMILES string of the molecule is [CH2]CCC(C)C(O)CO. The van der Waals surface area contributed by atoms with Gasteiger partial charge in [-0.3, -0.25) is 0 Å². The molecule has 0 aliphatic carbocycles. The van der Waals surface area contributed by atoms with E-state index in [0.717, 1.165) is 12.8 Å². The van der Waals surface area contributed by atoms with Crippen molar-refractivity contribution in [2.24, 2.45) is 5.92 Å². The van der Waals surface area contributed by atoms with Crippen molar-refractivity contribution in [2.75, 3.05) is 6.61 Å². The Morgan fingerprint density at radius 2 is 2.11 bits per heavy atom.